The zero-order valence-electron chi connectivity index (χ0n) is 11.2. The molecular formula is C15H18BrNO. The summed E-state index contributed by atoms with van der Waals surface area (Å²) in [7, 11) is 0. The predicted octanol–water partition coefficient (Wildman–Crippen LogP) is 4.32. The van der Waals surface area contributed by atoms with E-state index in [1.807, 2.05) is 13.0 Å². The van der Waals surface area contributed by atoms with Crippen molar-refractivity contribution in [3.8, 4) is 0 Å². The lowest BCUT2D eigenvalue weighted by Gasteiger charge is -2.19. The molecule has 18 heavy (non-hydrogen) atoms. The van der Waals surface area contributed by atoms with Crippen molar-refractivity contribution in [3.05, 3.63) is 56.4 Å². The molecular weight excluding hydrogens is 290 g/mol. The van der Waals surface area contributed by atoms with Gasteiger partial charge in [0.15, 0.2) is 0 Å². The molecule has 0 aliphatic rings. The summed E-state index contributed by atoms with van der Waals surface area (Å²) in [5, 5.41) is 0. The molecule has 1 aromatic heterocycles. The van der Waals surface area contributed by atoms with E-state index in [1.165, 1.54) is 22.3 Å². The SMILES string of the molecule is Cc1cc(C(N)c2c(C)cc(C)c(Br)c2C)co1. The van der Waals surface area contributed by atoms with Gasteiger partial charge in [-0.15, -0.1) is 0 Å². The summed E-state index contributed by atoms with van der Waals surface area (Å²) in [6, 6.07) is 4.02. The molecule has 0 saturated heterocycles. The standard InChI is InChI=1S/C15H18BrNO/c1-8-5-9(2)14(16)11(4)13(8)15(17)12-6-10(3)18-7-12/h5-7,15H,17H2,1-4H3. The first-order chi connectivity index (χ1) is 8.41. The lowest BCUT2D eigenvalue weighted by molar-refractivity contribution is 0.530. The summed E-state index contributed by atoms with van der Waals surface area (Å²) >= 11 is 3.63. The molecule has 2 aromatic rings. The number of aryl methyl sites for hydroxylation is 3. The maximum atomic E-state index is 6.37. The highest BCUT2D eigenvalue weighted by atomic mass is 79.9. The first kappa shape index (κ1) is 13.4. The van der Waals surface area contributed by atoms with Gasteiger partial charge in [-0.25, -0.2) is 0 Å². The first-order valence-corrected chi connectivity index (χ1v) is 6.78. The highest BCUT2D eigenvalue weighted by Crippen LogP contribution is 2.33. The monoisotopic (exact) mass is 307 g/mol. The lowest BCUT2D eigenvalue weighted by atomic mass is 9.91. The first-order valence-electron chi connectivity index (χ1n) is 5.98. The Hall–Kier alpha value is -1.06. The maximum absolute atomic E-state index is 6.37. The summed E-state index contributed by atoms with van der Waals surface area (Å²) < 4.78 is 6.49. The minimum Gasteiger partial charge on any atom is -0.469 e. The molecule has 0 bridgehead atoms. The third-order valence-electron chi connectivity index (χ3n) is 3.36. The Bertz CT molecular complexity index is 586. The van der Waals surface area contributed by atoms with Crippen LogP contribution in [-0.2, 0) is 0 Å². The largest absolute Gasteiger partial charge is 0.469 e. The van der Waals surface area contributed by atoms with E-state index in [0.29, 0.717) is 0 Å². The molecule has 1 aromatic carbocycles. The van der Waals surface area contributed by atoms with Crippen LogP contribution in [0.5, 0.6) is 0 Å². The smallest absolute Gasteiger partial charge is 0.101 e. The van der Waals surface area contributed by atoms with Gasteiger partial charge in [-0.05, 0) is 56.0 Å². The number of benzene rings is 1. The number of rotatable bonds is 2. The Morgan fingerprint density at radius 2 is 1.78 bits per heavy atom. The van der Waals surface area contributed by atoms with Crippen LogP contribution in [-0.4, -0.2) is 0 Å². The van der Waals surface area contributed by atoms with Gasteiger partial charge in [-0.1, -0.05) is 22.0 Å². The highest BCUT2D eigenvalue weighted by Gasteiger charge is 2.18. The predicted molar refractivity (Wildman–Crippen MR) is 77.8 cm³/mol. The number of furan rings is 1. The van der Waals surface area contributed by atoms with Crippen molar-refractivity contribution >= 4 is 15.9 Å². The Labute approximate surface area is 116 Å². The molecule has 1 heterocycles. The quantitative estimate of drug-likeness (QED) is 0.897. The van der Waals surface area contributed by atoms with Crippen molar-refractivity contribution in [3.63, 3.8) is 0 Å². The van der Waals surface area contributed by atoms with Crippen molar-refractivity contribution < 1.29 is 4.42 Å². The summed E-state index contributed by atoms with van der Waals surface area (Å²) in [6.07, 6.45) is 1.74. The van der Waals surface area contributed by atoms with Crippen LogP contribution in [0.3, 0.4) is 0 Å². The fourth-order valence-corrected chi connectivity index (χ4v) is 2.78. The second-order valence-corrected chi connectivity index (χ2v) is 5.62. The zero-order chi connectivity index (χ0) is 13.4. The summed E-state index contributed by atoms with van der Waals surface area (Å²) in [4.78, 5) is 0. The van der Waals surface area contributed by atoms with Crippen LogP contribution >= 0.6 is 15.9 Å². The Morgan fingerprint density at radius 3 is 2.33 bits per heavy atom. The van der Waals surface area contributed by atoms with Gasteiger partial charge in [0.25, 0.3) is 0 Å². The van der Waals surface area contributed by atoms with Crippen LogP contribution in [0.1, 0.15) is 39.6 Å². The number of hydrogen-bond donors (Lipinski definition) is 1. The zero-order valence-corrected chi connectivity index (χ0v) is 12.8. The minimum atomic E-state index is -0.139. The molecule has 1 unspecified atom stereocenters. The molecule has 2 rings (SSSR count). The van der Waals surface area contributed by atoms with Crippen LogP contribution in [0.4, 0.5) is 0 Å². The molecule has 0 fully saturated rings. The van der Waals surface area contributed by atoms with Gasteiger partial charge >= 0.3 is 0 Å². The molecule has 96 valence electrons. The van der Waals surface area contributed by atoms with E-state index < -0.39 is 0 Å². The molecule has 0 radical (unpaired) electrons. The van der Waals surface area contributed by atoms with Crippen LogP contribution in [0.15, 0.2) is 27.3 Å². The van der Waals surface area contributed by atoms with Gasteiger partial charge < -0.3 is 10.2 Å². The highest BCUT2D eigenvalue weighted by molar-refractivity contribution is 9.10. The van der Waals surface area contributed by atoms with Crippen LogP contribution in [0.2, 0.25) is 0 Å². The van der Waals surface area contributed by atoms with Crippen LogP contribution < -0.4 is 5.73 Å². The molecule has 0 amide bonds. The molecule has 0 aliphatic heterocycles. The summed E-state index contributed by atoms with van der Waals surface area (Å²) in [5.41, 5.74) is 12.2. The number of halogens is 1. The third kappa shape index (κ3) is 2.25. The van der Waals surface area contributed by atoms with Crippen LogP contribution in [0, 0.1) is 27.7 Å². The Morgan fingerprint density at radius 1 is 1.11 bits per heavy atom. The van der Waals surface area contributed by atoms with E-state index in [4.69, 9.17) is 10.2 Å². The fraction of sp³-hybridized carbons (Fsp3) is 0.333. The molecule has 1 atom stereocenters. The normalized spacial score (nSPS) is 12.8. The molecule has 2 N–H and O–H groups in total. The minimum absolute atomic E-state index is 0.139. The Balaban J connectivity index is 2.54. The van der Waals surface area contributed by atoms with Gasteiger partial charge in [-0.2, -0.15) is 0 Å². The van der Waals surface area contributed by atoms with Gasteiger partial charge in [0.2, 0.25) is 0 Å². The van der Waals surface area contributed by atoms with Crippen molar-refractivity contribution in [2.75, 3.05) is 0 Å². The topological polar surface area (TPSA) is 39.2 Å². The van der Waals surface area contributed by atoms with E-state index >= 15 is 0 Å². The van der Waals surface area contributed by atoms with E-state index in [1.54, 1.807) is 6.26 Å². The number of nitrogens with two attached hydrogens (primary N) is 1. The van der Waals surface area contributed by atoms with Crippen molar-refractivity contribution in [1.82, 2.24) is 0 Å². The van der Waals surface area contributed by atoms with Crippen molar-refractivity contribution in [2.45, 2.75) is 33.7 Å². The second kappa shape index (κ2) is 4.90. The maximum Gasteiger partial charge on any atom is 0.101 e. The molecule has 2 nitrogen and oxygen atoms in total. The third-order valence-corrected chi connectivity index (χ3v) is 4.58. The van der Waals surface area contributed by atoms with Gasteiger partial charge in [-0.3, -0.25) is 0 Å². The average molecular weight is 308 g/mol. The van der Waals surface area contributed by atoms with E-state index in [-0.39, 0.29) is 6.04 Å². The fourth-order valence-electron chi connectivity index (χ4n) is 2.45. The van der Waals surface area contributed by atoms with Gasteiger partial charge in [0, 0.05) is 10.0 Å². The molecule has 0 aliphatic carbocycles. The molecule has 3 heteroatoms. The van der Waals surface area contributed by atoms with E-state index in [9.17, 15) is 0 Å². The van der Waals surface area contributed by atoms with E-state index in [2.05, 4.69) is 42.8 Å². The van der Waals surface area contributed by atoms with Gasteiger partial charge in [0.05, 0.1) is 12.3 Å². The summed E-state index contributed by atoms with van der Waals surface area (Å²) in [5.74, 6) is 0.891. The average Bonchev–Trinajstić information content (AvgIpc) is 2.73. The van der Waals surface area contributed by atoms with E-state index in [0.717, 1.165) is 15.8 Å². The van der Waals surface area contributed by atoms with Crippen LogP contribution in [0.25, 0.3) is 0 Å². The summed E-state index contributed by atoms with van der Waals surface area (Å²) in [6.45, 7) is 8.24. The van der Waals surface area contributed by atoms with Crippen molar-refractivity contribution in [2.24, 2.45) is 5.73 Å². The van der Waals surface area contributed by atoms with Crippen molar-refractivity contribution in [1.29, 1.82) is 0 Å². The lowest BCUT2D eigenvalue weighted by Crippen LogP contribution is -2.14. The molecule has 0 spiro atoms. The number of hydrogen-bond acceptors (Lipinski definition) is 2. The Kier molecular flexibility index (Phi) is 3.64. The van der Waals surface area contributed by atoms with Gasteiger partial charge in [0.1, 0.15) is 5.76 Å². The second-order valence-electron chi connectivity index (χ2n) is 4.83. The molecule has 0 saturated carbocycles.